The number of hydrogen-bond donors (Lipinski definition) is 0. The van der Waals surface area contributed by atoms with Gasteiger partial charge < -0.3 is 0 Å². The summed E-state index contributed by atoms with van der Waals surface area (Å²) in [4.78, 5) is 10.4. The average Bonchev–Trinajstić information content (AvgIpc) is 3.61. The molecule has 46 heavy (non-hydrogen) atoms. The molecule has 0 aliphatic heterocycles. The van der Waals surface area contributed by atoms with E-state index < -0.39 is 0 Å². The van der Waals surface area contributed by atoms with Crippen LogP contribution in [0.15, 0.2) is 146 Å². The van der Waals surface area contributed by atoms with Gasteiger partial charge in [0.25, 0.3) is 0 Å². The summed E-state index contributed by atoms with van der Waals surface area (Å²) in [5, 5.41) is 2.45. The van der Waals surface area contributed by atoms with Crippen molar-refractivity contribution in [2.45, 2.75) is 19.3 Å². The second kappa shape index (κ2) is 10.3. The Morgan fingerprint density at radius 1 is 0.478 bits per heavy atom. The van der Waals surface area contributed by atoms with Gasteiger partial charge in [-0.15, -0.1) is 11.3 Å². The van der Waals surface area contributed by atoms with Crippen LogP contribution in [0.4, 0.5) is 0 Å². The third kappa shape index (κ3) is 4.16. The minimum Gasteiger partial charge on any atom is -0.228 e. The van der Waals surface area contributed by atoms with Gasteiger partial charge in [0.2, 0.25) is 0 Å². The lowest BCUT2D eigenvalue weighted by molar-refractivity contribution is 0.660. The number of fused-ring (bicyclic) bond motifs is 6. The van der Waals surface area contributed by atoms with E-state index in [9.17, 15) is 0 Å². The second-order valence-corrected chi connectivity index (χ2v) is 13.6. The highest BCUT2D eigenvalue weighted by molar-refractivity contribution is 7.26. The SMILES string of the molecule is CC1(C)c2ccccc2-c2ccc(-c3ccc(-c4nc(-c5ccccc5)cc(-c5ccccc5)n4)c4c3sc3ccccc34)cc21. The fourth-order valence-electron chi connectivity index (χ4n) is 7.19. The third-order valence-electron chi connectivity index (χ3n) is 9.53. The molecule has 0 unspecified atom stereocenters. The van der Waals surface area contributed by atoms with Gasteiger partial charge in [0.1, 0.15) is 0 Å². The number of rotatable bonds is 4. The van der Waals surface area contributed by atoms with Gasteiger partial charge in [-0.1, -0.05) is 135 Å². The van der Waals surface area contributed by atoms with Crippen molar-refractivity contribution in [1.82, 2.24) is 9.97 Å². The van der Waals surface area contributed by atoms with E-state index in [2.05, 4.69) is 147 Å². The van der Waals surface area contributed by atoms with Crippen molar-refractivity contribution in [3.05, 3.63) is 157 Å². The van der Waals surface area contributed by atoms with Crippen LogP contribution in [0.2, 0.25) is 0 Å². The van der Waals surface area contributed by atoms with Crippen molar-refractivity contribution in [3.63, 3.8) is 0 Å². The monoisotopic (exact) mass is 606 g/mol. The molecule has 0 fully saturated rings. The van der Waals surface area contributed by atoms with Gasteiger partial charge in [-0.2, -0.15) is 0 Å². The Kier molecular flexibility index (Phi) is 6.06. The Hall–Kier alpha value is -5.38. The van der Waals surface area contributed by atoms with E-state index in [0.29, 0.717) is 0 Å². The first-order chi connectivity index (χ1) is 22.6. The molecule has 0 bridgehead atoms. The third-order valence-corrected chi connectivity index (χ3v) is 10.7. The largest absolute Gasteiger partial charge is 0.228 e. The van der Waals surface area contributed by atoms with Crippen molar-refractivity contribution in [3.8, 4) is 56.2 Å². The lowest BCUT2D eigenvalue weighted by atomic mass is 9.81. The molecule has 0 radical (unpaired) electrons. The van der Waals surface area contributed by atoms with Crippen LogP contribution in [0.3, 0.4) is 0 Å². The van der Waals surface area contributed by atoms with Gasteiger partial charge in [0, 0.05) is 42.3 Å². The molecule has 2 heterocycles. The Morgan fingerprint density at radius 2 is 1.07 bits per heavy atom. The quantitative estimate of drug-likeness (QED) is 0.199. The summed E-state index contributed by atoms with van der Waals surface area (Å²) in [5.74, 6) is 0.742. The lowest BCUT2D eigenvalue weighted by Gasteiger charge is -2.22. The highest BCUT2D eigenvalue weighted by Gasteiger charge is 2.35. The number of benzene rings is 6. The molecule has 0 atom stereocenters. The fraction of sp³-hybridized carbons (Fsp3) is 0.0698. The van der Waals surface area contributed by atoms with Crippen molar-refractivity contribution < 1.29 is 0 Å². The van der Waals surface area contributed by atoms with E-state index in [4.69, 9.17) is 9.97 Å². The molecule has 0 saturated heterocycles. The van der Waals surface area contributed by atoms with Crippen LogP contribution in [0.5, 0.6) is 0 Å². The van der Waals surface area contributed by atoms with Crippen LogP contribution in [-0.4, -0.2) is 9.97 Å². The van der Waals surface area contributed by atoms with Gasteiger partial charge in [-0.05, 0) is 57.6 Å². The van der Waals surface area contributed by atoms with Crippen LogP contribution in [-0.2, 0) is 5.41 Å². The molecule has 9 rings (SSSR count). The molecule has 1 aliphatic carbocycles. The van der Waals surface area contributed by atoms with Crippen LogP contribution in [0, 0.1) is 0 Å². The molecule has 2 nitrogen and oxygen atoms in total. The molecular formula is C43H30N2S. The number of nitrogens with zero attached hydrogens (tertiary/aromatic N) is 2. The maximum Gasteiger partial charge on any atom is 0.161 e. The summed E-state index contributed by atoms with van der Waals surface area (Å²) >= 11 is 1.86. The van der Waals surface area contributed by atoms with Crippen LogP contribution in [0.25, 0.3) is 76.3 Å². The van der Waals surface area contributed by atoms with E-state index in [1.807, 2.05) is 23.5 Å². The lowest BCUT2D eigenvalue weighted by Crippen LogP contribution is -2.14. The van der Waals surface area contributed by atoms with Crippen molar-refractivity contribution in [2.24, 2.45) is 0 Å². The summed E-state index contributed by atoms with van der Waals surface area (Å²) in [6.07, 6.45) is 0. The summed E-state index contributed by atoms with van der Waals surface area (Å²) in [6, 6.07) is 52.1. The van der Waals surface area contributed by atoms with Crippen molar-refractivity contribution >= 4 is 31.5 Å². The number of thiophene rings is 1. The van der Waals surface area contributed by atoms with Crippen LogP contribution < -0.4 is 0 Å². The van der Waals surface area contributed by atoms with Crippen LogP contribution in [0.1, 0.15) is 25.0 Å². The van der Waals surface area contributed by atoms with E-state index in [0.717, 1.165) is 33.9 Å². The molecule has 6 aromatic carbocycles. The molecule has 1 aliphatic rings. The average molecular weight is 607 g/mol. The Bertz CT molecular complexity index is 2380. The molecule has 2 aromatic heterocycles. The molecule has 3 heteroatoms. The summed E-state index contributed by atoms with van der Waals surface area (Å²) in [5.41, 5.74) is 13.0. The zero-order valence-electron chi connectivity index (χ0n) is 25.7. The number of aromatic nitrogens is 2. The predicted molar refractivity (Wildman–Crippen MR) is 194 cm³/mol. The summed E-state index contributed by atoms with van der Waals surface area (Å²) in [6.45, 7) is 4.70. The van der Waals surface area contributed by atoms with Gasteiger partial charge in [-0.25, -0.2) is 9.97 Å². The molecule has 0 amide bonds. The van der Waals surface area contributed by atoms with Crippen molar-refractivity contribution in [2.75, 3.05) is 0 Å². The van der Waals surface area contributed by atoms with E-state index in [1.165, 1.54) is 53.6 Å². The molecule has 8 aromatic rings. The van der Waals surface area contributed by atoms with Gasteiger partial charge in [-0.3, -0.25) is 0 Å². The molecule has 0 N–H and O–H groups in total. The first kappa shape index (κ1) is 27.0. The zero-order chi connectivity index (χ0) is 30.8. The topological polar surface area (TPSA) is 25.8 Å². The molecule has 218 valence electrons. The van der Waals surface area contributed by atoms with Gasteiger partial charge in [0.15, 0.2) is 5.82 Å². The van der Waals surface area contributed by atoms with Gasteiger partial charge >= 0.3 is 0 Å². The predicted octanol–water partition coefficient (Wildman–Crippen LogP) is 11.8. The Balaban J connectivity index is 1.28. The standard InChI is InChI=1S/C43H30N2S/c1-43(2)35-19-11-9-17-31(35)32-22-21-29(25-36(32)43)30-23-24-34(40-33-18-10-12-20-39(33)46-41(30)40)42-44-37(27-13-5-3-6-14-27)26-38(45-42)28-15-7-4-8-16-28/h3-26H,1-2H3. The summed E-state index contributed by atoms with van der Waals surface area (Å²) < 4.78 is 2.53. The Labute approximate surface area is 272 Å². The maximum absolute atomic E-state index is 5.22. The first-order valence-corrected chi connectivity index (χ1v) is 16.6. The van der Waals surface area contributed by atoms with Crippen LogP contribution >= 0.6 is 11.3 Å². The molecular weight excluding hydrogens is 577 g/mol. The minimum absolute atomic E-state index is 0.0548. The summed E-state index contributed by atoms with van der Waals surface area (Å²) in [7, 11) is 0. The van der Waals surface area contributed by atoms with E-state index in [-0.39, 0.29) is 5.41 Å². The highest BCUT2D eigenvalue weighted by Crippen LogP contribution is 2.51. The van der Waals surface area contributed by atoms with Gasteiger partial charge in [0.05, 0.1) is 11.4 Å². The van der Waals surface area contributed by atoms with E-state index >= 15 is 0 Å². The van der Waals surface area contributed by atoms with E-state index in [1.54, 1.807) is 0 Å². The fourth-order valence-corrected chi connectivity index (χ4v) is 8.46. The second-order valence-electron chi connectivity index (χ2n) is 12.6. The minimum atomic E-state index is -0.0548. The Morgan fingerprint density at radius 3 is 1.80 bits per heavy atom. The highest BCUT2D eigenvalue weighted by atomic mass is 32.1. The number of hydrogen-bond acceptors (Lipinski definition) is 3. The first-order valence-electron chi connectivity index (χ1n) is 15.8. The smallest absolute Gasteiger partial charge is 0.161 e. The zero-order valence-corrected chi connectivity index (χ0v) is 26.5. The van der Waals surface area contributed by atoms with Crippen molar-refractivity contribution in [1.29, 1.82) is 0 Å². The molecule has 0 spiro atoms. The maximum atomic E-state index is 5.22. The molecule has 0 saturated carbocycles. The normalized spacial score (nSPS) is 13.2.